The number of nitrogens with zero attached hydrogens (tertiary/aromatic N) is 5. The second kappa shape index (κ2) is 10.8. The van der Waals surface area contributed by atoms with Crippen molar-refractivity contribution >= 4 is 39.8 Å². The van der Waals surface area contributed by atoms with Crippen molar-refractivity contribution in [2.45, 2.75) is 0 Å². The molecule has 194 valence electrons. The van der Waals surface area contributed by atoms with Crippen LogP contribution in [0.1, 0.15) is 0 Å². The van der Waals surface area contributed by atoms with Gasteiger partial charge in [0.2, 0.25) is 5.95 Å². The van der Waals surface area contributed by atoms with E-state index in [2.05, 4.69) is 67.7 Å². The third kappa shape index (κ3) is 5.11. The summed E-state index contributed by atoms with van der Waals surface area (Å²) >= 11 is 0. The number of hydrogen-bond donors (Lipinski definition) is 2. The number of piperazine rings is 1. The van der Waals surface area contributed by atoms with E-state index in [1.54, 1.807) is 13.3 Å². The Morgan fingerprint density at radius 1 is 1.11 bits per heavy atom. The van der Waals surface area contributed by atoms with Crippen molar-refractivity contribution < 1.29 is 9.53 Å². The summed E-state index contributed by atoms with van der Waals surface area (Å²) in [5, 5.41) is 7.39. The lowest BCUT2D eigenvalue weighted by Gasteiger charge is -2.35. The van der Waals surface area contributed by atoms with E-state index in [1.807, 2.05) is 37.4 Å². The van der Waals surface area contributed by atoms with Crippen LogP contribution in [0, 0.1) is 0 Å². The number of benzene rings is 2. The first kappa shape index (κ1) is 25.1. The summed E-state index contributed by atoms with van der Waals surface area (Å²) in [4.78, 5) is 26.2. The zero-order valence-corrected chi connectivity index (χ0v) is 21.9. The molecule has 0 unspecified atom stereocenters. The summed E-state index contributed by atoms with van der Waals surface area (Å²) in [6.45, 7) is 7.04. The molecular formula is C29H31N7O2. The second-order valence-corrected chi connectivity index (χ2v) is 9.26. The van der Waals surface area contributed by atoms with E-state index >= 15 is 0 Å². The van der Waals surface area contributed by atoms with Crippen molar-refractivity contribution in [2.24, 2.45) is 7.05 Å². The summed E-state index contributed by atoms with van der Waals surface area (Å²) in [5.74, 6) is 0.736. The van der Waals surface area contributed by atoms with Crippen molar-refractivity contribution in [3.05, 3.63) is 73.2 Å². The highest BCUT2D eigenvalue weighted by atomic mass is 16.5. The van der Waals surface area contributed by atoms with Gasteiger partial charge in [0.25, 0.3) is 5.91 Å². The number of aryl methyl sites for hydroxylation is 1. The molecule has 5 rings (SSSR count). The Hall–Kier alpha value is -4.59. The first-order valence-electron chi connectivity index (χ1n) is 12.4. The topological polar surface area (TPSA) is 87.5 Å². The zero-order valence-electron chi connectivity index (χ0n) is 21.9. The van der Waals surface area contributed by atoms with Gasteiger partial charge in [0, 0.05) is 74.2 Å². The molecule has 0 bridgehead atoms. The van der Waals surface area contributed by atoms with Gasteiger partial charge in [-0.3, -0.25) is 4.79 Å². The molecule has 1 amide bonds. The molecule has 0 spiro atoms. The minimum atomic E-state index is -0.305. The van der Waals surface area contributed by atoms with Crippen molar-refractivity contribution in [2.75, 3.05) is 55.9 Å². The molecule has 9 heteroatoms. The number of ether oxygens (including phenoxy) is 1. The predicted octanol–water partition coefficient (Wildman–Crippen LogP) is 4.42. The minimum absolute atomic E-state index is 0.305. The summed E-state index contributed by atoms with van der Waals surface area (Å²) in [6, 6.07) is 13.9. The molecule has 38 heavy (non-hydrogen) atoms. The number of methoxy groups -OCH3 is 1. The van der Waals surface area contributed by atoms with Crippen LogP contribution in [0.15, 0.2) is 73.2 Å². The smallest absolute Gasteiger partial charge is 0.256 e. The Labute approximate surface area is 222 Å². The van der Waals surface area contributed by atoms with Crippen LogP contribution in [0.4, 0.5) is 23.0 Å². The third-order valence-electron chi connectivity index (χ3n) is 6.73. The molecule has 2 aromatic carbocycles. The van der Waals surface area contributed by atoms with Gasteiger partial charge >= 0.3 is 0 Å². The molecule has 1 saturated heterocycles. The monoisotopic (exact) mass is 509 g/mol. The van der Waals surface area contributed by atoms with Crippen LogP contribution in [0.2, 0.25) is 0 Å². The number of fused-ring (bicyclic) bond motifs is 1. The highest BCUT2D eigenvalue weighted by molar-refractivity contribution is 6.02. The van der Waals surface area contributed by atoms with Crippen molar-refractivity contribution in [3.63, 3.8) is 0 Å². The number of hydrogen-bond acceptors (Lipinski definition) is 7. The first-order chi connectivity index (χ1) is 18.5. The maximum atomic E-state index is 12.5. The van der Waals surface area contributed by atoms with E-state index in [0.717, 1.165) is 54.0 Å². The number of amides is 1. The van der Waals surface area contributed by atoms with E-state index in [9.17, 15) is 4.79 Å². The number of para-hydroxylation sites is 1. The van der Waals surface area contributed by atoms with Crippen LogP contribution in [0.25, 0.3) is 22.2 Å². The fourth-order valence-corrected chi connectivity index (χ4v) is 4.74. The highest BCUT2D eigenvalue weighted by Crippen LogP contribution is 2.39. The molecule has 9 nitrogen and oxygen atoms in total. The molecule has 0 saturated carbocycles. The van der Waals surface area contributed by atoms with Gasteiger partial charge in [-0.15, -0.1) is 5.73 Å². The summed E-state index contributed by atoms with van der Waals surface area (Å²) in [7, 11) is 5.76. The Morgan fingerprint density at radius 3 is 2.66 bits per heavy atom. The number of carbonyl (C=O) groups excluding carboxylic acids is 1. The molecule has 1 aliphatic heterocycles. The lowest BCUT2D eigenvalue weighted by Crippen LogP contribution is -2.44. The largest absolute Gasteiger partial charge is 0.494 e. The maximum absolute atomic E-state index is 12.5. The Bertz CT molecular complexity index is 1530. The Balaban J connectivity index is 1.51. The van der Waals surface area contributed by atoms with Crippen molar-refractivity contribution in [1.29, 1.82) is 0 Å². The second-order valence-electron chi connectivity index (χ2n) is 9.26. The number of nitrogens with one attached hydrogen (secondary N) is 2. The molecule has 2 aromatic heterocycles. The van der Waals surface area contributed by atoms with E-state index < -0.39 is 0 Å². The van der Waals surface area contributed by atoms with Crippen LogP contribution in [-0.4, -0.2) is 65.7 Å². The lowest BCUT2D eigenvalue weighted by molar-refractivity contribution is -0.111. The third-order valence-corrected chi connectivity index (χ3v) is 6.73. The van der Waals surface area contributed by atoms with Gasteiger partial charge in [0.05, 0.1) is 29.9 Å². The van der Waals surface area contributed by atoms with E-state index in [1.165, 1.54) is 6.08 Å². The fourth-order valence-electron chi connectivity index (χ4n) is 4.74. The number of rotatable bonds is 7. The van der Waals surface area contributed by atoms with Crippen LogP contribution in [0.5, 0.6) is 5.75 Å². The predicted molar refractivity (Wildman–Crippen MR) is 152 cm³/mol. The van der Waals surface area contributed by atoms with Gasteiger partial charge in [-0.25, -0.2) is 9.97 Å². The Morgan fingerprint density at radius 2 is 1.89 bits per heavy atom. The average Bonchev–Trinajstić information content (AvgIpc) is 3.26. The number of aromatic nitrogens is 3. The first-order valence-corrected chi connectivity index (χ1v) is 12.4. The van der Waals surface area contributed by atoms with Crippen LogP contribution >= 0.6 is 0 Å². The molecule has 0 aliphatic carbocycles. The number of anilines is 4. The zero-order chi connectivity index (χ0) is 26.6. The highest BCUT2D eigenvalue weighted by Gasteiger charge is 2.21. The summed E-state index contributed by atoms with van der Waals surface area (Å²) in [5.41, 5.74) is 7.67. The van der Waals surface area contributed by atoms with Crippen molar-refractivity contribution in [3.8, 4) is 17.0 Å². The van der Waals surface area contributed by atoms with Gasteiger partial charge in [-0.2, -0.15) is 0 Å². The van der Waals surface area contributed by atoms with E-state index in [0.29, 0.717) is 23.1 Å². The van der Waals surface area contributed by atoms with E-state index in [-0.39, 0.29) is 5.91 Å². The normalized spacial score (nSPS) is 13.7. The SMILES string of the molecule is C=C=CC(=O)Nc1cc(Nc2nccc(-c3cn(C)c4ccccc34)n2)c(OC)cc1N1CCN(C)CC1. The van der Waals surface area contributed by atoms with Crippen LogP contribution < -0.4 is 20.3 Å². The fraction of sp³-hybridized carbons (Fsp3) is 0.241. The molecule has 0 radical (unpaired) electrons. The van der Waals surface area contributed by atoms with Crippen LogP contribution in [0.3, 0.4) is 0 Å². The van der Waals surface area contributed by atoms with Crippen LogP contribution in [-0.2, 0) is 11.8 Å². The average molecular weight is 510 g/mol. The van der Waals surface area contributed by atoms with Gasteiger partial charge in [-0.05, 0) is 25.2 Å². The molecule has 1 aliphatic rings. The van der Waals surface area contributed by atoms with Gasteiger partial charge in [0.15, 0.2) is 0 Å². The van der Waals surface area contributed by atoms with Gasteiger partial charge < -0.3 is 29.7 Å². The quantitative estimate of drug-likeness (QED) is 0.282. The summed E-state index contributed by atoms with van der Waals surface area (Å²) < 4.78 is 7.84. The molecule has 2 N–H and O–H groups in total. The molecule has 4 aromatic rings. The van der Waals surface area contributed by atoms with Crippen molar-refractivity contribution in [1.82, 2.24) is 19.4 Å². The standard InChI is InChI=1S/C29H31N7O2/c1-5-8-28(37)31-23-17-24(27(38-4)18-26(23)36-15-13-34(2)14-16-36)33-29-30-12-11-22(32-29)21-19-35(3)25-10-7-6-9-20(21)25/h6-12,17-19H,1,13-16H2,2-4H3,(H,31,37)(H,30,32,33). The molecule has 3 heterocycles. The maximum Gasteiger partial charge on any atom is 0.256 e. The minimum Gasteiger partial charge on any atom is -0.494 e. The number of carbonyl (C=O) groups is 1. The Kier molecular flexibility index (Phi) is 7.13. The molecule has 1 fully saturated rings. The summed E-state index contributed by atoms with van der Waals surface area (Å²) in [6.07, 6.45) is 5.08. The lowest BCUT2D eigenvalue weighted by atomic mass is 10.1. The number of likely N-dealkylation sites (N-methyl/N-ethyl adjacent to an activating group) is 1. The molecule has 0 atom stereocenters. The van der Waals surface area contributed by atoms with Gasteiger partial charge in [0.1, 0.15) is 5.75 Å². The van der Waals surface area contributed by atoms with Gasteiger partial charge in [-0.1, -0.05) is 24.8 Å². The molecular weight excluding hydrogens is 478 g/mol. The van der Waals surface area contributed by atoms with E-state index in [4.69, 9.17) is 9.72 Å².